The van der Waals surface area contributed by atoms with E-state index in [4.69, 9.17) is 34.7 Å². The average molecular weight is 399 g/mol. The Morgan fingerprint density at radius 2 is 1.48 bits per heavy atom. The predicted molar refractivity (Wildman–Crippen MR) is 108 cm³/mol. The van der Waals surface area contributed by atoms with E-state index in [2.05, 4.69) is 0 Å². The SMILES string of the molecule is NC(=O)c1cccc(-c2ccc(C(=O)C(N)c3ccc(Cl)c(Cl)c3)cc2)c1. The molecule has 6 heteroatoms. The van der Waals surface area contributed by atoms with Crippen molar-refractivity contribution in [1.82, 2.24) is 0 Å². The van der Waals surface area contributed by atoms with Crippen molar-refractivity contribution in [2.24, 2.45) is 11.5 Å². The minimum absolute atomic E-state index is 0.231. The van der Waals surface area contributed by atoms with Crippen LogP contribution in [0.2, 0.25) is 10.0 Å². The summed E-state index contributed by atoms with van der Waals surface area (Å²) in [7, 11) is 0. The van der Waals surface area contributed by atoms with Crippen LogP contribution in [0, 0.1) is 0 Å². The number of halogens is 2. The third-order valence-corrected chi connectivity index (χ3v) is 4.97. The lowest BCUT2D eigenvalue weighted by Crippen LogP contribution is -2.21. The van der Waals surface area contributed by atoms with E-state index in [1.807, 2.05) is 6.07 Å². The van der Waals surface area contributed by atoms with Gasteiger partial charge in [0.2, 0.25) is 5.91 Å². The molecule has 0 aliphatic rings. The van der Waals surface area contributed by atoms with E-state index >= 15 is 0 Å². The molecule has 3 aromatic carbocycles. The smallest absolute Gasteiger partial charge is 0.248 e. The molecule has 0 heterocycles. The Balaban J connectivity index is 1.84. The van der Waals surface area contributed by atoms with Gasteiger partial charge < -0.3 is 11.5 Å². The highest BCUT2D eigenvalue weighted by molar-refractivity contribution is 6.42. The van der Waals surface area contributed by atoms with Gasteiger partial charge in [-0.15, -0.1) is 0 Å². The molecule has 0 spiro atoms. The number of hydrogen-bond acceptors (Lipinski definition) is 3. The number of nitrogens with two attached hydrogens (primary N) is 2. The van der Waals surface area contributed by atoms with Gasteiger partial charge in [0.1, 0.15) is 0 Å². The van der Waals surface area contributed by atoms with E-state index in [1.165, 1.54) is 0 Å². The molecule has 4 N–H and O–H groups in total. The number of primary amides is 1. The molecule has 0 fully saturated rings. The highest BCUT2D eigenvalue weighted by atomic mass is 35.5. The van der Waals surface area contributed by atoms with Crippen LogP contribution < -0.4 is 11.5 Å². The van der Waals surface area contributed by atoms with E-state index < -0.39 is 11.9 Å². The molecule has 27 heavy (non-hydrogen) atoms. The summed E-state index contributed by atoms with van der Waals surface area (Å²) in [6.45, 7) is 0. The molecule has 0 aliphatic heterocycles. The van der Waals surface area contributed by atoms with Crippen LogP contribution >= 0.6 is 23.2 Å². The topological polar surface area (TPSA) is 86.2 Å². The fourth-order valence-electron chi connectivity index (χ4n) is 2.72. The first kappa shape index (κ1) is 19.1. The quantitative estimate of drug-likeness (QED) is 0.613. The highest BCUT2D eigenvalue weighted by Crippen LogP contribution is 2.27. The molecule has 1 unspecified atom stereocenters. The largest absolute Gasteiger partial charge is 0.366 e. The predicted octanol–water partition coefficient (Wildman–Crippen LogP) is 4.64. The summed E-state index contributed by atoms with van der Waals surface area (Å²) in [5.74, 6) is -0.720. The van der Waals surface area contributed by atoms with Gasteiger partial charge in [0.05, 0.1) is 16.1 Å². The van der Waals surface area contributed by atoms with Crippen molar-refractivity contribution in [3.63, 3.8) is 0 Å². The van der Waals surface area contributed by atoms with Crippen molar-refractivity contribution < 1.29 is 9.59 Å². The number of carbonyl (C=O) groups is 2. The zero-order chi connectivity index (χ0) is 19.6. The standard InChI is InChI=1S/C21H16Cl2N2O2/c22-17-9-8-15(11-18(17)23)19(24)20(26)13-6-4-12(5-7-13)14-2-1-3-16(10-14)21(25)27/h1-11,19H,24H2,(H2,25,27). The normalized spacial score (nSPS) is 11.8. The Morgan fingerprint density at radius 1 is 0.778 bits per heavy atom. The molecule has 0 bridgehead atoms. The Kier molecular flexibility index (Phi) is 5.61. The lowest BCUT2D eigenvalue weighted by atomic mass is 9.96. The number of hydrogen-bond donors (Lipinski definition) is 2. The van der Waals surface area contributed by atoms with Crippen LogP contribution in [0.1, 0.15) is 32.3 Å². The maximum Gasteiger partial charge on any atom is 0.248 e. The van der Waals surface area contributed by atoms with Gasteiger partial charge in [0.15, 0.2) is 5.78 Å². The van der Waals surface area contributed by atoms with Crippen LogP contribution in [0.4, 0.5) is 0 Å². The van der Waals surface area contributed by atoms with Crippen LogP contribution in [0.5, 0.6) is 0 Å². The summed E-state index contributed by atoms with van der Waals surface area (Å²) in [6, 6.07) is 18.0. The fourth-order valence-corrected chi connectivity index (χ4v) is 3.02. The molecule has 1 amide bonds. The zero-order valence-electron chi connectivity index (χ0n) is 14.2. The first-order chi connectivity index (χ1) is 12.9. The van der Waals surface area contributed by atoms with Crippen molar-refractivity contribution in [2.75, 3.05) is 0 Å². The Labute approximate surface area is 166 Å². The highest BCUT2D eigenvalue weighted by Gasteiger charge is 2.18. The lowest BCUT2D eigenvalue weighted by Gasteiger charge is -2.12. The van der Waals surface area contributed by atoms with E-state index in [-0.39, 0.29) is 5.78 Å². The van der Waals surface area contributed by atoms with Gasteiger partial charge in [-0.2, -0.15) is 0 Å². The van der Waals surface area contributed by atoms with Crippen LogP contribution in [-0.2, 0) is 0 Å². The molecule has 3 rings (SSSR count). The van der Waals surface area contributed by atoms with Crippen LogP contribution in [0.15, 0.2) is 66.7 Å². The molecule has 0 saturated heterocycles. The van der Waals surface area contributed by atoms with Gasteiger partial charge in [-0.1, -0.05) is 65.7 Å². The van der Waals surface area contributed by atoms with Crippen LogP contribution in [0.25, 0.3) is 11.1 Å². The third-order valence-electron chi connectivity index (χ3n) is 4.24. The van der Waals surface area contributed by atoms with Gasteiger partial charge in [-0.25, -0.2) is 0 Å². The molecule has 0 aromatic heterocycles. The molecular formula is C21H16Cl2N2O2. The summed E-state index contributed by atoms with van der Waals surface area (Å²) in [5, 5.41) is 0.754. The number of carbonyl (C=O) groups excluding carboxylic acids is 2. The number of rotatable bonds is 5. The van der Waals surface area contributed by atoms with E-state index in [9.17, 15) is 9.59 Å². The second kappa shape index (κ2) is 7.92. The van der Waals surface area contributed by atoms with E-state index in [1.54, 1.807) is 60.7 Å². The first-order valence-electron chi connectivity index (χ1n) is 8.12. The first-order valence-corrected chi connectivity index (χ1v) is 8.87. The maximum atomic E-state index is 12.7. The molecule has 0 aliphatic carbocycles. The van der Waals surface area contributed by atoms with E-state index in [0.29, 0.717) is 26.7 Å². The van der Waals surface area contributed by atoms with Gasteiger partial charge in [-0.05, 0) is 41.0 Å². The van der Waals surface area contributed by atoms with Crippen molar-refractivity contribution in [2.45, 2.75) is 6.04 Å². The molecule has 3 aromatic rings. The molecule has 1 atom stereocenters. The second-order valence-electron chi connectivity index (χ2n) is 6.04. The van der Waals surface area contributed by atoms with Crippen LogP contribution in [-0.4, -0.2) is 11.7 Å². The van der Waals surface area contributed by atoms with Crippen molar-refractivity contribution in [3.05, 3.63) is 93.5 Å². The number of Topliss-reactive ketones (excluding diaryl/α,β-unsaturated/α-hetero) is 1. The Bertz CT molecular complexity index is 1020. The van der Waals surface area contributed by atoms with Crippen molar-refractivity contribution in [3.8, 4) is 11.1 Å². The molecular weight excluding hydrogens is 383 g/mol. The number of benzene rings is 3. The third kappa shape index (κ3) is 4.19. The zero-order valence-corrected chi connectivity index (χ0v) is 15.7. The van der Waals surface area contributed by atoms with Crippen molar-refractivity contribution >= 4 is 34.9 Å². The van der Waals surface area contributed by atoms with E-state index in [0.717, 1.165) is 11.1 Å². The maximum absolute atomic E-state index is 12.7. The number of ketones is 1. The van der Waals surface area contributed by atoms with Gasteiger partial charge in [0, 0.05) is 11.1 Å². The van der Waals surface area contributed by atoms with Crippen LogP contribution in [0.3, 0.4) is 0 Å². The molecule has 4 nitrogen and oxygen atoms in total. The summed E-state index contributed by atoms with van der Waals surface area (Å²) >= 11 is 11.9. The monoisotopic (exact) mass is 398 g/mol. The van der Waals surface area contributed by atoms with Gasteiger partial charge in [0.25, 0.3) is 0 Å². The van der Waals surface area contributed by atoms with Gasteiger partial charge in [-0.3, -0.25) is 9.59 Å². The second-order valence-corrected chi connectivity index (χ2v) is 6.85. The summed E-state index contributed by atoms with van der Waals surface area (Å²) in [6.07, 6.45) is 0. The number of amides is 1. The minimum atomic E-state index is -0.844. The minimum Gasteiger partial charge on any atom is -0.366 e. The molecule has 136 valence electrons. The average Bonchev–Trinajstić information content (AvgIpc) is 2.69. The molecule has 0 radical (unpaired) electrons. The summed E-state index contributed by atoms with van der Waals surface area (Å²) in [5.41, 5.74) is 14.6. The van der Waals surface area contributed by atoms with Gasteiger partial charge >= 0.3 is 0 Å². The Morgan fingerprint density at radius 3 is 2.11 bits per heavy atom. The summed E-state index contributed by atoms with van der Waals surface area (Å²) < 4.78 is 0. The molecule has 0 saturated carbocycles. The fraction of sp³-hybridized carbons (Fsp3) is 0.0476. The Hall–Kier alpha value is -2.66. The van der Waals surface area contributed by atoms with Crippen molar-refractivity contribution in [1.29, 1.82) is 0 Å². The lowest BCUT2D eigenvalue weighted by molar-refractivity contribution is 0.0960. The summed E-state index contributed by atoms with van der Waals surface area (Å²) in [4.78, 5) is 24.0.